The van der Waals surface area contributed by atoms with E-state index in [-0.39, 0.29) is 0 Å². The summed E-state index contributed by atoms with van der Waals surface area (Å²) < 4.78 is 0. The molecule has 0 amide bonds. The van der Waals surface area contributed by atoms with Gasteiger partial charge in [0.1, 0.15) is 0 Å². The minimum absolute atomic E-state index is 1.37. The van der Waals surface area contributed by atoms with Crippen molar-refractivity contribution in [1.82, 2.24) is 0 Å². The molecule has 0 aliphatic carbocycles. The average Bonchev–Trinajstić information content (AvgIpc) is 2.76. The predicted octanol–water partition coefficient (Wildman–Crippen LogP) is 11.1. The topological polar surface area (TPSA) is 0 Å². The van der Waals surface area contributed by atoms with Crippen LogP contribution < -0.4 is 0 Å². The number of hydrogen-bond acceptors (Lipinski definition) is 2. The fourth-order valence-electron chi connectivity index (χ4n) is 4.00. The highest BCUT2D eigenvalue weighted by Crippen LogP contribution is 2.16. The summed E-state index contributed by atoms with van der Waals surface area (Å²) in [6.45, 7) is 4.60. The van der Waals surface area contributed by atoms with E-state index in [2.05, 4.69) is 37.4 Å². The van der Waals surface area contributed by atoms with Crippen LogP contribution in [0.2, 0.25) is 0 Å². The Morgan fingerprint density at radius 3 is 0.700 bits per heavy atom. The third kappa shape index (κ3) is 28.7. The van der Waals surface area contributed by atoms with Gasteiger partial charge in [0.15, 0.2) is 0 Å². The average molecular weight is 459 g/mol. The summed E-state index contributed by atoms with van der Waals surface area (Å²) in [6, 6.07) is 0. The third-order valence-corrected chi connectivity index (χ3v) is 8.42. The van der Waals surface area contributed by atoms with Gasteiger partial charge in [0, 0.05) is 0 Å². The van der Waals surface area contributed by atoms with E-state index in [0.717, 1.165) is 0 Å². The largest absolute Gasteiger partial charge is 0.162 e. The first-order valence-electron chi connectivity index (χ1n) is 14.1. The van der Waals surface area contributed by atoms with Crippen LogP contribution in [-0.4, -0.2) is 23.0 Å². The molecule has 0 saturated carbocycles. The van der Waals surface area contributed by atoms with Crippen molar-refractivity contribution in [1.29, 1.82) is 0 Å². The summed E-state index contributed by atoms with van der Waals surface area (Å²) >= 11 is 4.42. The van der Waals surface area contributed by atoms with Crippen molar-refractivity contribution < 1.29 is 0 Å². The normalized spacial score (nSPS) is 11.4. The van der Waals surface area contributed by atoms with Crippen LogP contribution in [0.1, 0.15) is 155 Å². The van der Waals surface area contributed by atoms with Gasteiger partial charge in [0.2, 0.25) is 0 Å². The summed E-state index contributed by atoms with van der Waals surface area (Å²) in [6.07, 6.45) is 32.0. The Hall–Kier alpha value is 0.700. The van der Waals surface area contributed by atoms with Crippen molar-refractivity contribution in [2.45, 2.75) is 155 Å². The summed E-state index contributed by atoms with van der Waals surface area (Å²) in [5, 5.41) is 0. The molecule has 0 fully saturated rings. The molecule has 0 aliphatic heterocycles. The number of hydrogen-bond donors (Lipinski definition) is 0. The Kier molecular flexibility index (Phi) is 30.4. The van der Waals surface area contributed by atoms with Crippen molar-refractivity contribution in [2.75, 3.05) is 23.0 Å². The van der Waals surface area contributed by atoms with Crippen molar-refractivity contribution in [3.05, 3.63) is 0 Å². The zero-order valence-corrected chi connectivity index (χ0v) is 22.8. The molecule has 182 valence electrons. The van der Waals surface area contributed by atoms with Gasteiger partial charge in [0.05, 0.1) is 0 Å². The van der Waals surface area contributed by atoms with Gasteiger partial charge in [-0.2, -0.15) is 23.5 Å². The van der Waals surface area contributed by atoms with Gasteiger partial charge >= 0.3 is 0 Å². The summed E-state index contributed by atoms with van der Waals surface area (Å²) in [5.41, 5.74) is 0. The number of rotatable bonds is 27. The SMILES string of the molecule is CCCCCCCCCCSCCCCCCCCSCCCCCCCCCC. The molecule has 0 aliphatic rings. The smallest absolute Gasteiger partial charge is 0.00675 e. The van der Waals surface area contributed by atoms with Crippen molar-refractivity contribution in [3.8, 4) is 0 Å². The first-order valence-corrected chi connectivity index (χ1v) is 16.4. The molecular formula is C28H58S2. The van der Waals surface area contributed by atoms with E-state index in [1.54, 1.807) is 0 Å². The monoisotopic (exact) mass is 458 g/mol. The van der Waals surface area contributed by atoms with Gasteiger partial charge in [-0.05, 0) is 48.7 Å². The van der Waals surface area contributed by atoms with Crippen LogP contribution in [0.5, 0.6) is 0 Å². The fourth-order valence-corrected chi connectivity index (χ4v) is 6.04. The van der Waals surface area contributed by atoms with Crippen LogP contribution in [0.4, 0.5) is 0 Å². The minimum atomic E-state index is 1.37. The zero-order chi connectivity index (χ0) is 21.8. The molecule has 0 nitrogen and oxygen atoms in total. The first kappa shape index (κ1) is 30.7. The first-order chi connectivity index (χ1) is 14.9. The van der Waals surface area contributed by atoms with E-state index in [4.69, 9.17) is 0 Å². The Morgan fingerprint density at radius 2 is 0.467 bits per heavy atom. The van der Waals surface area contributed by atoms with E-state index in [0.29, 0.717) is 0 Å². The molecular weight excluding hydrogens is 400 g/mol. The van der Waals surface area contributed by atoms with Crippen LogP contribution in [0.15, 0.2) is 0 Å². The van der Waals surface area contributed by atoms with Gasteiger partial charge < -0.3 is 0 Å². The molecule has 0 bridgehead atoms. The van der Waals surface area contributed by atoms with Crippen LogP contribution in [-0.2, 0) is 0 Å². The standard InChI is InChI=1S/C28H58S2/c1-3-5-7-9-11-13-17-21-25-29-27-23-19-15-16-20-24-28-30-26-22-18-14-12-10-8-6-4-2/h3-28H2,1-2H3. The van der Waals surface area contributed by atoms with E-state index in [1.807, 2.05) is 0 Å². The summed E-state index contributed by atoms with van der Waals surface area (Å²) in [5.74, 6) is 5.63. The quantitative estimate of drug-likeness (QED) is 0.112. The zero-order valence-electron chi connectivity index (χ0n) is 21.2. The van der Waals surface area contributed by atoms with Gasteiger partial charge in [-0.25, -0.2) is 0 Å². The Morgan fingerprint density at radius 1 is 0.267 bits per heavy atom. The highest BCUT2D eigenvalue weighted by atomic mass is 32.2. The second-order valence-electron chi connectivity index (χ2n) is 9.30. The Balaban J connectivity index is 2.97. The van der Waals surface area contributed by atoms with Crippen molar-refractivity contribution in [2.24, 2.45) is 0 Å². The lowest BCUT2D eigenvalue weighted by atomic mass is 10.1. The summed E-state index contributed by atoms with van der Waals surface area (Å²) in [4.78, 5) is 0. The Labute approximate surface area is 201 Å². The molecule has 30 heavy (non-hydrogen) atoms. The number of unbranched alkanes of at least 4 members (excludes halogenated alkanes) is 19. The second-order valence-corrected chi connectivity index (χ2v) is 11.7. The van der Waals surface area contributed by atoms with E-state index in [9.17, 15) is 0 Å². The van der Waals surface area contributed by atoms with E-state index >= 15 is 0 Å². The maximum absolute atomic E-state index is 2.30. The van der Waals surface area contributed by atoms with Gasteiger partial charge in [0.25, 0.3) is 0 Å². The second kappa shape index (κ2) is 29.7. The molecule has 0 unspecified atom stereocenters. The lowest BCUT2D eigenvalue weighted by Gasteiger charge is -2.04. The summed E-state index contributed by atoms with van der Waals surface area (Å²) in [7, 11) is 0. The molecule has 0 spiro atoms. The minimum Gasteiger partial charge on any atom is -0.162 e. The molecule has 0 atom stereocenters. The third-order valence-electron chi connectivity index (χ3n) is 6.11. The molecule has 0 rings (SSSR count). The predicted molar refractivity (Wildman–Crippen MR) is 148 cm³/mol. The van der Waals surface area contributed by atoms with Crippen LogP contribution in [0.25, 0.3) is 0 Å². The van der Waals surface area contributed by atoms with Crippen molar-refractivity contribution >= 4 is 23.5 Å². The van der Waals surface area contributed by atoms with E-state index in [1.165, 1.54) is 164 Å². The molecule has 0 heterocycles. The maximum atomic E-state index is 2.30. The van der Waals surface area contributed by atoms with E-state index < -0.39 is 0 Å². The molecule has 0 N–H and O–H groups in total. The van der Waals surface area contributed by atoms with Gasteiger partial charge in [-0.15, -0.1) is 0 Å². The van der Waals surface area contributed by atoms with Crippen LogP contribution >= 0.6 is 23.5 Å². The van der Waals surface area contributed by atoms with Crippen molar-refractivity contribution in [3.63, 3.8) is 0 Å². The molecule has 2 heteroatoms. The molecule has 0 aromatic rings. The van der Waals surface area contributed by atoms with Crippen LogP contribution in [0.3, 0.4) is 0 Å². The highest BCUT2D eigenvalue weighted by molar-refractivity contribution is 7.99. The fraction of sp³-hybridized carbons (Fsp3) is 1.00. The number of thioether (sulfide) groups is 2. The lowest BCUT2D eigenvalue weighted by Crippen LogP contribution is -1.88. The highest BCUT2D eigenvalue weighted by Gasteiger charge is 1.96. The molecule has 0 aromatic heterocycles. The van der Waals surface area contributed by atoms with Gasteiger partial charge in [-0.3, -0.25) is 0 Å². The van der Waals surface area contributed by atoms with Crippen LogP contribution in [0, 0.1) is 0 Å². The molecule has 0 aromatic carbocycles. The Bertz CT molecular complexity index is 252. The molecule has 0 saturated heterocycles. The molecule has 0 radical (unpaired) electrons. The lowest BCUT2D eigenvalue weighted by molar-refractivity contribution is 0.586. The maximum Gasteiger partial charge on any atom is -0.00675 e. The van der Waals surface area contributed by atoms with Gasteiger partial charge in [-0.1, -0.05) is 129 Å².